The van der Waals surface area contributed by atoms with E-state index in [0.717, 1.165) is 30.5 Å². The molecule has 0 saturated carbocycles. The van der Waals surface area contributed by atoms with Crippen LogP contribution in [0.25, 0.3) is 0 Å². The third-order valence-electron chi connectivity index (χ3n) is 5.57. The zero-order valence-corrected chi connectivity index (χ0v) is 20.8. The quantitative estimate of drug-likeness (QED) is 0.161. The molecule has 0 amide bonds. The fourth-order valence-electron chi connectivity index (χ4n) is 3.59. The van der Waals surface area contributed by atoms with Gasteiger partial charge in [-0.1, -0.05) is 76.0 Å². The minimum atomic E-state index is -4.41. The first-order chi connectivity index (χ1) is 17.3. The number of hydrogen-bond donors (Lipinski definition) is 1. The van der Waals surface area contributed by atoms with Crippen molar-refractivity contribution in [3.8, 4) is 11.8 Å². The summed E-state index contributed by atoms with van der Waals surface area (Å²) in [5.74, 6) is 5.08. The van der Waals surface area contributed by atoms with Crippen molar-refractivity contribution < 1.29 is 27.9 Å². The highest BCUT2D eigenvalue weighted by molar-refractivity contribution is 5.67. The molecule has 0 aliphatic rings. The molecule has 0 radical (unpaired) electrons. The third-order valence-corrected chi connectivity index (χ3v) is 5.57. The summed E-state index contributed by atoms with van der Waals surface area (Å²) in [6.45, 7) is 1.99. The van der Waals surface area contributed by atoms with Crippen LogP contribution < -0.4 is 0 Å². The molecular formula is C28H35F3N2O3. The van der Waals surface area contributed by atoms with E-state index in [-0.39, 0.29) is 13.1 Å². The van der Waals surface area contributed by atoms with Gasteiger partial charge in [-0.15, -0.1) is 0 Å². The van der Waals surface area contributed by atoms with Gasteiger partial charge >= 0.3 is 12.1 Å². The first kappa shape index (κ1) is 29.3. The van der Waals surface area contributed by atoms with Crippen molar-refractivity contribution in [2.24, 2.45) is 0 Å². The molecular weight excluding hydrogens is 469 g/mol. The molecule has 0 fully saturated rings. The van der Waals surface area contributed by atoms with Gasteiger partial charge in [-0.05, 0) is 41.7 Å². The summed E-state index contributed by atoms with van der Waals surface area (Å²) in [6, 6.07) is 8.31. The zero-order valence-electron chi connectivity index (χ0n) is 20.8. The Balaban J connectivity index is 1.84. The highest BCUT2D eigenvalue weighted by Gasteiger charge is 2.30. The maximum absolute atomic E-state index is 12.8. The number of rotatable bonds is 15. The van der Waals surface area contributed by atoms with Crippen LogP contribution in [0.3, 0.4) is 0 Å². The van der Waals surface area contributed by atoms with Gasteiger partial charge in [0.1, 0.15) is 5.69 Å². The van der Waals surface area contributed by atoms with Crippen LogP contribution >= 0.6 is 0 Å². The van der Waals surface area contributed by atoms with Gasteiger partial charge in [-0.3, -0.25) is 4.84 Å². The molecule has 0 saturated heterocycles. The monoisotopic (exact) mass is 504 g/mol. The Kier molecular flexibility index (Phi) is 13.0. The van der Waals surface area contributed by atoms with Crippen LogP contribution in [-0.2, 0) is 28.9 Å². The van der Waals surface area contributed by atoms with Crippen LogP contribution in [0.5, 0.6) is 0 Å². The fourth-order valence-corrected chi connectivity index (χ4v) is 3.59. The molecule has 0 aliphatic carbocycles. The lowest BCUT2D eigenvalue weighted by Crippen LogP contribution is -2.26. The second kappa shape index (κ2) is 16.0. The van der Waals surface area contributed by atoms with Crippen molar-refractivity contribution in [3.63, 3.8) is 0 Å². The molecule has 196 valence electrons. The van der Waals surface area contributed by atoms with Crippen molar-refractivity contribution in [2.75, 3.05) is 6.61 Å². The second-order valence-electron chi connectivity index (χ2n) is 8.74. The van der Waals surface area contributed by atoms with Gasteiger partial charge in [-0.25, -0.2) is 9.78 Å². The summed E-state index contributed by atoms with van der Waals surface area (Å²) in [4.78, 5) is 20.6. The number of aromatic nitrogens is 1. The van der Waals surface area contributed by atoms with Crippen LogP contribution in [0, 0.1) is 11.8 Å². The molecule has 0 aliphatic heterocycles. The number of hydroxylamine groups is 2. The van der Waals surface area contributed by atoms with E-state index in [1.54, 1.807) is 12.3 Å². The normalized spacial score (nSPS) is 11.4. The number of alkyl halides is 3. The molecule has 0 unspecified atom stereocenters. The molecule has 1 aromatic heterocycles. The molecule has 36 heavy (non-hydrogen) atoms. The second-order valence-corrected chi connectivity index (χ2v) is 8.74. The molecule has 1 heterocycles. The van der Waals surface area contributed by atoms with E-state index in [4.69, 9.17) is 9.94 Å². The topological polar surface area (TPSA) is 62.7 Å². The predicted octanol–water partition coefficient (Wildman–Crippen LogP) is 7.00. The van der Waals surface area contributed by atoms with Gasteiger partial charge in [0.05, 0.1) is 12.1 Å². The number of unbranched alkanes of at least 4 members (excludes halogenated alkanes) is 8. The fraction of sp³-hybridized carbons (Fsp3) is 0.500. The van der Waals surface area contributed by atoms with Crippen LogP contribution in [-0.4, -0.2) is 27.7 Å². The highest BCUT2D eigenvalue weighted by Crippen LogP contribution is 2.29. The Hall–Kier alpha value is -2.89. The lowest BCUT2D eigenvalue weighted by Gasteiger charge is -2.21. The summed E-state index contributed by atoms with van der Waals surface area (Å²) in [5, 5.41) is 10.3. The van der Waals surface area contributed by atoms with Crippen molar-refractivity contribution in [1.82, 2.24) is 10.0 Å². The molecule has 8 heteroatoms. The van der Waals surface area contributed by atoms with Crippen molar-refractivity contribution in [2.45, 2.75) is 84.0 Å². The molecule has 1 N–H and O–H groups in total. The number of carboxylic acid groups (broad SMARTS) is 1. The number of hydrogen-bond acceptors (Lipinski definition) is 4. The summed E-state index contributed by atoms with van der Waals surface area (Å²) >= 11 is 0. The lowest BCUT2D eigenvalue weighted by atomic mass is 10.1. The van der Waals surface area contributed by atoms with Crippen molar-refractivity contribution >= 4 is 5.97 Å². The van der Waals surface area contributed by atoms with E-state index in [0.29, 0.717) is 11.3 Å². The summed E-state index contributed by atoms with van der Waals surface area (Å²) in [5.41, 5.74) is 1.23. The largest absolute Gasteiger partial charge is 0.479 e. The maximum Gasteiger partial charge on any atom is 0.416 e. The third kappa shape index (κ3) is 12.2. The van der Waals surface area contributed by atoms with E-state index in [9.17, 15) is 18.0 Å². The predicted molar refractivity (Wildman–Crippen MR) is 133 cm³/mol. The Morgan fingerprint density at radius 2 is 1.56 bits per heavy atom. The number of carboxylic acids is 1. The van der Waals surface area contributed by atoms with E-state index in [1.807, 2.05) is 6.07 Å². The average Bonchev–Trinajstić information content (AvgIpc) is 2.84. The summed E-state index contributed by atoms with van der Waals surface area (Å²) < 4.78 is 38.4. The first-order valence-electron chi connectivity index (χ1n) is 12.5. The van der Waals surface area contributed by atoms with E-state index in [1.165, 1.54) is 62.1 Å². The van der Waals surface area contributed by atoms with Crippen LogP contribution in [0.4, 0.5) is 13.2 Å². The number of pyridine rings is 1. The molecule has 1 aromatic carbocycles. The Bertz CT molecular complexity index is 965. The number of benzene rings is 1. The minimum Gasteiger partial charge on any atom is -0.479 e. The number of carbonyl (C=O) groups is 1. The Morgan fingerprint density at radius 1 is 0.944 bits per heavy atom. The summed E-state index contributed by atoms with van der Waals surface area (Å²) in [6.07, 6.45) is 8.13. The number of aliphatic carboxylic acids is 1. The standard InChI is InChI=1S/C28H35F3N2O3/c1-2-3-4-5-6-7-8-9-10-11-12-26-18-15-24(19-32-26)21-33(36-22-27(34)35)20-23-13-16-25(17-14-23)28(29,30)31/h13-19H,2-10,20-22H2,1H3,(H,34,35). The first-order valence-corrected chi connectivity index (χ1v) is 12.5. The summed E-state index contributed by atoms with van der Waals surface area (Å²) in [7, 11) is 0. The van der Waals surface area contributed by atoms with Crippen LogP contribution in [0.15, 0.2) is 42.6 Å². The van der Waals surface area contributed by atoms with Gasteiger partial charge in [0.2, 0.25) is 0 Å². The molecule has 2 aromatic rings. The van der Waals surface area contributed by atoms with Gasteiger partial charge in [0.15, 0.2) is 6.61 Å². The van der Waals surface area contributed by atoms with Gasteiger partial charge in [-0.2, -0.15) is 18.2 Å². The molecule has 0 spiro atoms. The van der Waals surface area contributed by atoms with E-state index >= 15 is 0 Å². The SMILES string of the molecule is CCCCCCCCCCC#Cc1ccc(CN(Cc2ccc(C(F)(F)F)cc2)OCC(=O)O)cn1. The average molecular weight is 505 g/mol. The molecule has 0 atom stereocenters. The van der Waals surface area contributed by atoms with Crippen LogP contribution in [0.2, 0.25) is 0 Å². The molecule has 2 rings (SSSR count). The van der Waals surface area contributed by atoms with E-state index in [2.05, 4.69) is 23.7 Å². The van der Waals surface area contributed by atoms with Gasteiger partial charge in [0.25, 0.3) is 0 Å². The Morgan fingerprint density at radius 3 is 2.14 bits per heavy atom. The minimum absolute atomic E-state index is 0.117. The lowest BCUT2D eigenvalue weighted by molar-refractivity contribution is -0.190. The number of halogens is 3. The maximum atomic E-state index is 12.8. The highest BCUT2D eigenvalue weighted by atomic mass is 19.4. The van der Waals surface area contributed by atoms with Crippen molar-refractivity contribution in [3.05, 3.63) is 65.0 Å². The molecule has 5 nitrogen and oxygen atoms in total. The van der Waals surface area contributed by atoms with Crippen molar-refractivity contribution in [1.29, 1.82) is 0 Å². The van der Waals surface area contributed by atoms with Crippen LogP contribution in [0.1, 0.15) is 87.1 Å². The molecule has 0 bridgehead atoms. The Labute approximate surface area is 211 Å². The zero-order chi connectivity index (χ0) is 26.2. The van der Waals surface area contributed by atoms with Gasteiger partial charge < -0.3 is 5.11 Å². The number of nitrogens with zero attached hydrogens (tertiary/aromatic N) is 2. The van der Waals surface area contributed by atoms with Gasteiger partial charge in [0, 0.05) is 19.2 Å². The van der Waals surface area contributed by atoms with E-state index < -0.39 is 24.3 Å². The smallest absolute Gasteiger partial charge is 0.416 e.